The Bertz CT molecular complexity index is 1080. The van der Waals surface area contributed by atoms with Crippen molar-refractivity contribution in [3.63, 3.8) is 0 Å². The first-order valence-corrected chi connectivity index (χ1v) is 10.9. The summed E-state index contributed by atoms with van der Waals surface area (Å²) < 4.78 is 5.70. The molecule has 4 rings (SSSR count). The molecule has 1 aliphatic heterocycles. The average Bonchev–Trinajstić information content (AvgIpc) is 2.80. The smallest absolute Gasteiger partial charge is 0.262 e. The van der Waals surface area contributed by atoms with Crippen LogP contribution in [0.15, 0.2) is 54.6 Å². The first kappa shape index (κ1) is 21.6. The molecule has 3 aromatic rings. The maximum absolute atomic E-state index is 12.3. The topological polar surface area (TPSA) is 70.6 Å². The van der Waals surface area contributed by atoms with Crippen molar-refractivity contribution in [2.24, 2.45) is 0 Å². The van der Waals surface area contributed by atoms with Crippen molar-refractivity contribution in [1.29, 1.82) is 0 Å². The number of aromatic nitrogens is 2. The van der Waals surface area contributed by atoms with Crippen molar-refractivity contribution < 1.29 is 9.53 Å². The molecule has 1 saturated heterocycles. The van der Waals surface area contributed by atoms with E-state index < -0.39 is 0 Å². The van der Waals surface area contributed by atoms with Crippen LogP contribution >= 0.6 is 0 Å². The van der Waals surface area contributed by atoms with Crippen molar-refractivity contribution in [3.05, 3.63) is 71.4 Å². The monoisotopic (exact) mass is 431 g/mol. The Hall–Kier alpha value is -3.61. The van der Waals surface area contributed by atoms with E-state index in [4.69, 9.17) is 4.74 Å². The summed E-state index contributed by atoms with van der Waals surface area (Å²) in [5.74, 6) is 0.832. The van der Waals surface area contributed by atoms with Crippen molar-refractivity contribution in [1.82, 2.24) is 9.97 Å². The maximum atomic E-state index is 12.3. The van der Waals surface area contributed by atoms with Gasteiger partial charge in [0.2, 0.25) is 11.8 Å². The third-order valence-corrected chi connectivity index (χ3v) is 5.64. The lowest BCUT2D eigenvalue weighted by Gasteiger charge is -2.36. The molecule has 0 spiro atoms. The predicted octanol–water partition coefficient (Wildman–Crippen LogP) is 3.75. The third-order valence-electron chi connectivity index (χ3n) is 5.64. The minimum Gasteiger partial charge on any atom is -0.467 e. The normalized spacial score (nSPS) is 13.7. The van der Waals surface area contributed by atoms with E-state index in [-0.39, 0.29) is 12.5 Å². The summed E-state index contributed by atoms with van der Waals surface area (Å²) >= 11 is 0. The van der Waals surface area contributed by atoms with Crippen molar-refractivity contribution in [3.8, 4) is 5.88 Å². The Morgan fingerprint density at radius 3 is 2.34 bits per heavy atom. The number of amides is 1. The second kappa shape index (κ2) is 9.68. The van der Waals surface area contributed by atoms with Crippen LogP contribution in [-0.2, 0) is 4.79 Å². The van der Waals surface area contributed by atoms with E-state index >= 15 is 0 Å². The lowest BCUT2D eigenvalue weighted by molar-refractivity contribution is -0.118. The number of hydrogen-bond donors (Lipinski definition) is 1. The molecule has 7 nitrogen and oxygen atoms in total. The van der Waals surface area contributed by atoms with Gasteiger partial charge in [0.25, 0.3) is 5.91 Å². The van der Waals surface area contributed by atoms with Crippen molar-refractivity contribution in [2.45, 2.75) is 20.8 Å². The Morgan fingerprint density at radius 2 is 1.62 bits per heavy atom. The summed E-state index contributed by atoms with van der Waals surface area (Å²) in [4.78, 5) is 26.0. The Balaban J connectivity index is 1.34. The first-order valence-electron chi connectivity index (χ1n) is 10.9. The molecule has 0 bridgehead atoms. The summed E-state index contributed by atoms with van der Waals surface area (Å²) in [6.45, 7) is 9.31. The molecule has 1 aliphatic rings. The number of carbonyl (C=O) groups excluding carboxylic acids is 1. The highest BCUT2D eigenvalue weighted by atomic mass is 16.5. The number of nitrogens with one attached hydrogen (secondary N) is 1. The zero-order chi connectivity index (χ0) is 22.5. The van der Waals surface area contributed by atoms with Gasteiger partial charge in [0, 0.05) is 49.3 Å². The molecule has 0 saturated carbocycles. The van der Waals surface area contributed by atoms with Crippen LogP contribution in [-0.4, -0.2) is 48.7 Å². The van der Waals surface area contributed by atoms with Gasteiger partial charge in [0.15, 0.2) is 6.61 Å². The van der Waals surface area contributed by atoms with Gasteiger partial charge in [-0.25, -0.2) is 4.98 Å². The van der Waals surface area contributed by atoms with Crippen LogP contribution < -0.4 is 19.9 Å². The van der Waals surface area contributed by atoms with E-state index in [1.54, 1.807) is 6.07 Å². The standard InChI is InChI=1S/C25H29N5O2/c1-18-9-10-21(15-19(18)2)27-23(31)17-32-24-16-20(3)26-25(28-24)30-13-11-29(12-14-30)22-7-5-4-6-8-22/h4-10,15-16H,11-14,17H2,1-3H3,(H,27,31). The second-order valence-corrected chi connectivity index (χ2v) is 8.09. The number of benzene rings is 2. The van der Waals surface area contributed by atoms with Crippen LogP contribution in [0.25, 0.3) is 0 Å². The van der Waals surface area contributed by atoms with E-state index in [2.05, 4.69) is 49.4 Å². The van der Waals surface area contributed by atoms with Crippen LogP contribution in [0.2, 0.25) is 0 Å². The van der Waals surface area contributed by atoms with Crippen LogP contribution in [0.3, 0.4) is 0 Å². The highest BCUT2D eigenvalue weighted by Crippen LogP contribution is 2.20. The summed E-state index contributed by atoms with van der Waals surface area (Å²) in [5.41, 5.74) is 5.12. The molecule has 1 fully saturated rings. The van der Waals surface area contributed by atoms with Crippen LogP contribution in [0, 0.1) is 20.8 Å². The van der Waals surface area contributed by atoms with Gasteiger partial charge in [-0.15, -0.1) is 0 Å². The maximum Gasteiger partial charge on any atom is 0.262 e. The average molecular weight is 432 g/mol. The van der Waals surface area contributed by atoms with Gasteiger partial charge in [-0.1, -0.05) is 24.3 Å². The summed E-state index contributed by atoms with van der Waals surface area (Å²) in [5, 5.41) is 2.87. The predicted molar refractivity (Wildman–Crippen MR) is 128 cm³/mol. The molecule has 0 radical (unpaired) electrons. The van der Waals surface area contributed by atoms with Gasteiger partial charge in [-0.05, 0) is 56.2 Å². The highest BCUT2D eigenvalue weighted by Gasteiger charge is 2.20. The number of anilines is 3. The summed E-state index contributed by atoms with van der Waals surface area (Å²) in [7, 11) is 0. The summed E-state index contributed by atoms with van der Waals surface area (Å²) in [6.07, 6.45) is 0. The molecule has 2 heterocycles. The zero-order valence-electron chi connectivity index (χ0n) is 18.8. The molecular weight excluding hydrogens is 402 g/mol. The number of ether oxygens (including phenoxy) is 1. The Labute approximate surface area is 189 Å². The molecule has 1 N–H and O–H groups in total. The molecular formula is C25H29N5O2. The molecule has 0 aliphatic carbocycles. The van der Waals surface area contributed by atoms with Crippen LogP contribution in [0.4, 0.5) is 17.3 Å². The van der Waals surface area contributed by atoms with E-state index in [1.807, 2.05) is 45.0 Å². The van der Waals surface area contributed by atoms with Gasteiger partial charge in [-0.3, -0.25) is 4.79 Å². The number of para-hydroxylation sites is 1. The fourth-order valence-corrected chi connectivity index (χ4v) is 3.70. The van der Waals surface area contributed by atoms with Gasteiger partial charge in [0.05, 0.1) is 0 Å². The first-order chi connectivity index (χ1) is 15.5. The SMILES string of the molecule is Cc1cc(OCC(=O)Nc2ccc(C)c(C)c2)nc(N2CCN(c3ccccc3)CC2)n1. The molecule has 1 amide bonds. The molecule has 2 aromatic carbocycles. The zero-order valence-corrected chi connectivity index (χ0v) is 18.8. The number of carbonyl (C=O) groups is 1. The number of nitrogens with zero attached hydrogens (tertiary/aromatic N) is 4. The number of piperazine rings is 1. The Kier molecular flexibility index (Phi) is 6.54. The third kappa shape index (κ3) is 5.35. The van der Waals surface area contributed by atoms with Crippen molar-refractivity contribution in [2.75, 3.05) is 47.9 Å². The van der Waals surface area contributed by atoms with Gasteiger partial charge >= 0.3 is 0 Å². The fourth-order valence-electron chi connectivity index (χ4n) is 3.70. The lowest BCUT2D eigenvalue weighted by atomic mass is 10.1. The molecule has 0 unspecified atom stereocenters. The van der Waals surface area contributed by atoms with E-state index in [0.29, 0.717) is 11.8 Å². The van der Waals surface area contributed by atoms with Crippen LogP contribution in [0.1, 0.15) is 16.8 Å². The van der Waals surface area contributed by atoms with Crippen molar-refractivity contribution >= 4 is 23.2 Å². The summed E-state index contributed by atoms with van der Waals surface area (Å²) in [6, 6.07) is 18.0. The quantitative estimate of drug-likeness (QED) is 0.641. The molecule has 1 aromatic heterocycles. The second-order valence-electron chi connectivity index (χ2n) is 8.09. The molecule has 32 heavy (non-hydrogen) atoms. The van der Waals surface area contributed by atoms with E-state index in [1.165, 1.54) is 11.3 Å². The molecule has 7 heteroatoms. The fraction of sp³-hybridized carbons (Fsp3) is 0.320. The molecule has 166 valence electrons. The minimum absolute atomic E-state index is 0.107. The highest BCUT2D eigenvalue weighted by molar-refractivity contribution is 5.92. The number of rotatable bonds is 6. The van der Waals surface area contributed by atoms with Gasteiger partial charge in [-0.2, -0.15) is 4.98 Å². The van der Waals surface area contributed by atoms with Gasteiger partial charge in [0.1, 0.15) is 0 Å². The lowest BCUT2D eigenvalue weighted by Crippen LogP contribution is -2.47. The molecule has 0 atom stereocenters. The number of hydrogen-bond acceptors (Lipinski definition) is 6. The van der Waals surface area contributed by atoms with Gasteiger partial charge < -0.3 is 19.9 Å². The Morgan fingerprint density at radius 1 is 0.906 bits per heavy atom. The van der Waals surface area contributed by atoms with E-state index in [0.717, 1.165) is 43.1 Å². The largest absolute Gasteiger partial charge is 0.467 e. The van der Waals surface area contributed by atoms with E-state index in [9.17, 15) is 4.79 Å². The number of aryl methyl sites for hydroxylation is 3. The van der Waals surface area contributed by atoms with Crippen LogP contribution in [0.5, 0.6) is 5.88 Å². The minimum atomic E-state index is -0.220.